The molecule has 3 aromatic rings. The van der Waals surface area contributed by atoms with Crippen LogP contribution in [0.3, 0.4) is 0 Å². The minimum Gasteiger partial charge on any atom is -0.474 e. The lowest BCUT2D eigenvalue weighted by molar-refractivity contribution is 0.0768. The fourth-order valence-corrected chi connectivity index (χ4v) is 4.38. The lowest BCUT2D eigenvalue weighted by Gasteiger charge is -2.25. The number of carbonyl (C=O) groups is 1. The van der Waals surface area contributed by atoms with E-state index >= 15 is 0 Å². The Kier molecular flexibility index (Phi) is 7.15. The van der Waals surface area contributed by atoms with Crippen LogP contribution in [0.25, 0.3) is 0 Å². The van der Waals surface area contributed by atoms with Crippen LogP contribution in [-0.2, 0) is 0 Å². The molecule has 3 heterocycles. The summed E-state index contributed by atoms with van der Waals surface area (Å²) in [6.07, 6.45) is 4.09. The highest BCUT2D eigenvalue weighted by Crippen LogP contribution is 2.38. The number of carbonyl (C=O) groups excluding carboxylic acids is 1. The molecule has 3 atom stereocenters. The standard InChI is InChI=1S/C24H21Cl2N5O3/c1-14(34-22-6-3-15(8-27)9-28-22)18-12-31(23(32)17-10-29-24(33-2)30-11-17)13-19(18)16-4-5-20(25)21(26)7-16/h3-7,9-11,14,18-19H,12-13H2,1-2H3/t14-,18?,19+/m0/s1. The highest BCUT2D eigenvalue weighted by atomic mass is 35.5. The Morgan fingerprint density at radius 3 is 2.50 bits per heavy atom. The van der Waals surface area contributed by atoms with Crippen molar-refractivity contribution in [2.24, 2.45) is 5.92 Å². The minimum absolute atomic E-state index is 0.0498. The molecular weight excluding hydrogens is 477 g/mol. The molecule has 0 aliphatic carbocycles. The number of methoxy groups -OCH3 is 1. The van der Waals surface area contributed by atoms with Crippen molar-refractivity contribution in [2.75, 3.05) is 20.2 Å². The first-order valence-corrected chi connectivity index (χ1v) is 11.3. The van der Waals surface area contributed by atoms with E-state index in [4.69, 9.17) is 37.9 Å². The molecule has 1 fully saturated rings. The van der Waals surface area contributed by atoms with Gasteiger partial charge < -0.3 is 14.4 Å². The zero-order valence-corrected chi connectivity index (χ0v) is 20.0. The van der Waals surface area contributed by atoms with Gasteiger partial charge in [-0.3, -0.25) is 4.79 Å². The van der Waals surface area contributed by atoms with Crippen LogP contribution in [0.2, 0.25) is 10.0 Å². The van der Waals surface area contributed by atoms with Crippen molar-refractivity contribution in [3.05, 3.63) is 75.7 Å². The first-order valence-electron chi connectivity index (χ1n) is 10.5. The third kappa shape index (κ3) is 5.06. The van der Waals surface area contributed by atoms with Crippen LogP contribution in [0, 0.1) is 17.2 Å². The topological polar surface area (TPSA) is 101 Å². The second-order valence-corrected chi connectivity index (χ2v) is 8.75. The van der Waals surface area contributed by atoms with E-state index in [1.807, 2.05) is 25.1 Å². The summed E-state index contributed by atoms with van der Waals surface area (Å²) in [4.78, 5) is 27.3. The molecule has 1 saturated heterocycles. The van der Waals surface area contributed by atoms with Crippen LogP contribution in [0.5, 0.6) is 11.9 Å². The SMILES string of the molecule is COc1ncc(C(=O)N2CC([C@H](C)Oc3ccc(C#N)cn3)[C@@H](c3ccc(Cl)c(Cl)c3)C2)cn1. The molecule has 0 bridgehead atoms. The van der Waals surface area contributed by atoms with E-state index in [1.54, 1.807) is 23.1 Å². The maximum Gasteiger partial charge on any atom is 0.316 e. The molecule has 34 heavy (non-hydrogen) atoms. The number of nitrogens with zero attached hydrogens (tertiary/aromatic N) is 5. The van der Waals surface area contributed by atoms with Crippen LogP contribution in [0.15, 0.2) is 48.9 Å². The summed E-state index contributed by atoms with van der Waals surface area (Å²) in [6, 6.07) is 11.1. The Morgan fingerprint density at radius 2 is 1.88 bits per heavy atom. The maximum absolute atomic E-state index is 13.2. The number of aromatic nitrogens is 3. The molecule has 1 aliphatic heterocycles. The van der Waals surface area contributed by atoms with Crippen molar-refractivity contribution < 1.29 is 14.3 Å². The summed E-state index contributed by atoms with van der Waals surface area (Å²) >= 11 is 12.4. The van der Waals surface area contributed by atoms with E-state index in [1.165, 1.54) is 25.7 Å². The number of rotatable bonds is 6. The molecule has 10 heteroatoms. The summed E-state index contributed by atoms with van der Waals surface area (Å²) in [5.74, 6) is 0.121. The van der Waals surface area contributed by atoms with E-state index in [0.29, 0.717) is 40.1 Å². The molecule has 1 aromatic carbocycles. The van der Waals surface area contributed by atoms with Crippen LogP contribution < -0.4 is 9.47 Å². The molecule has 0 spiro atoms. The number of amides is 1. The predicted molar refractivity (Wildman–Crippen MR) is 126 cm³/mol. The van der Waals surface area contributed by atoms with E-state index in [2.05, 4.69) is 15.0 Å². The Bertz CT molecular complexity index is 1210. The average molecular weight is 498 g/mol. The van der Waals surface area contributed by atoms with Crippen molar-refractivity contribution in [3.8, 4) is 18.0 Å². The Balaban J connectivity index is 1.59. The lowest BCUT2D eigenvalue weighted by Crippen LogP contribution is -2.32. The quantitative estimate of drug-likeness (QED) is 0.497. The zero-order chi connectivity index (χ0) is 24.2. The van der Waals surface area contributed by atoms with Gasteiger partial charge in [0.1, 0.15) is 12.2 Å². The average Bonchev–Trinajstić information content (AvgIpc) is 3.31. The summed E-state index contributed by atoms with van der Waals surface area (Å²) < 4.78 is 11.1. The summed E-state index contributed by atoms with van der Waals surface area (Å²) in [5, 5.41) is 9.91. The normalized spacial score (nSPS) is 18.3. The Hall–Kier alpha value is -3.41. The van der Waals surface area contributed by atoms with Crippen molar-refractivity contribution in [1.82, 2.24) is 19.9 Å². The number of benzene rings is 1. The van der Waals surface area contributed by atoms with Gasteiger partial charge in [0.15, 0.2) is 0 Å². The van der Waals surface area contributed by atoms with Crippen LogP contribution in [0.4, 0.5) is 0 Å². The monoisotopic (exact) mass is 497 g/mol. The first kappa shape index (κ1) is 23.7. The van der Waals surface area contributed by atoms with E-state index in [-0.39, 0.29) is 29.9 Å². The van der Waals surface area contributed by atoms with Gasteiger partial charge in [-0.15, -0.1) is 0 Å². The molecule has 1 unspecified atom stereocenters. The number of pyridine rings is 1. The van der Waals surface area contributed by atoms with Crippen LogP contribution in [0.1, 0.15) is 34.3 Å². The third-order valence-electron chi connectivity index (χ3n) is 5.86. The van der Waals surface area contributed by atoms with E-state index < -0.39 is 0 Å². The van der Waals surface area contributed by atoms with Gasteiger partial charge >= 0.3 is 6.01 Å². The van der Waals surface area contributed by atoms with Crippen LogP contribution >= 0.6 is 23.2 Å². The van der Waals surface area contributed by atoms with Gasteiger partial charge in [0.25, 0.3) is 5.91 Å². The molecule has 4 rings (SSSR count). The molecular formula is C24H21Cl2N5O3. The van der Waals surface area contributed by atoms with E-state index in [9.17, 15) is 4.79 Å². The van der Waals surface area contributed by atoms with Gasteiger partial charge in [0.2, 0.25) is 5.88 Å². The molecule has 8 nitrogen and oxygen atoms in total. The fraction of sp³-hybridized carbons (Fsp3) is 0.292. The van der Waals surface area contributed by atoms with Crippen LogP contribution in [-0.4, -0.2) is 52.1 Å². The third-order valence-corrected chi connectivity index (χ3v) is 6.60. The zero-order valence-electron chi connectivity index (χ0n) is 18.5. The number of ether oxygens (including phenoxy) is 2. The largest absolute Gasteiger partial charge is 0.474 e. The molecule has 2 aromatic heterocycles. The highest BCUT2D eigenvalue weighted by molar-refractivity contribution is 6.42. The lowest BCUT2D eigenvalue weighted by atomic mass is 9.86. The summed E-state index contributed by atoms with van der Waals surface area (Å²) in [7, 11) is 1.47. The number of hydrogen-bond acceptors (Lipinski definition) is 7. The number of halogens is 2. The Morgan fingerprint density at radius 1 is 1.12 bits per heavy atom. The summed E-state index contributed by atoms with van der Waals surface area (Å²) in [6.45, 7) is 2.86. The van der Waals surface area contributed by atoms with E-state index in [0.717, 1.165) is 5.56 Å². The van der Waals surface area contributed by atoms with Gasteiger partial charge in [0.05, 0.1) is 28.3 Å². The van der Waals surface area contributed by atoms with Gasteiger partial charge in [-0.25, -0.2) is 15.0 Å². The van der Waals surface area contributed by atoms with Gasteiger partial charge in [-0.2, -0.15) is 5.26 Å². The van der Waals surface area contributed by atoms with Gasteiger partial charge in [-0.1, -0.05) is 29.3 Å². The predicted octanol–water partition coefficient (Wildman–Crippen LogP) is 4.38. The molecule has 0 N–H and O–H groups in total. The second kappa shape index (κ2) is 10.2. The molecule has 174 valence electrons. The smallest absolute Gasteiger partial charge is 0.316 e. The summed E-state index contributed by atoms with van der Waals surface area (Å²) in [5.41, 5.74) is 1.79. The molecule has 0 saturated carbocycles. The Labute approximate surface area is 207 Å². The maximum atomic E-state index is 13.2. The van der Waals surface area contributed by atoms with Crippen molar-refractivity contribution in [2.45, 2.75) is 18.9 Å². The molecule has 1 aliphatic rings. The fourth-order valence-electron chi connectivity index (χ4n) is 4.07. The highest BCUT2D eigenvalue weighted by Gasteiger charge is 2.40. The number of hydrogen-bond donors (Lipinski definition) is 0. The minimum atomic E-state index is -0.287. The van der Waals surface area contributed by atoms with Gasteiger partial charge in [-0.05, 0) is 30.7 Å². The van der Waals surface area contributed by atoms with Crippen molar-refractivity contribution in [1.29, 1.82) is 5.26 Å². The first-order chi connectivity index (χ1) is 16.4. The number of nitriles is 1. The van der Waals surface area contributed by atoms with Crippen molar-refractivity contribution >= 4 is 29.1 Å². The van der Waals surface area contributed by atoms with Crippen molar-refractivity contribution in [3.63, 3.8) is 0 Å². The molecule has 0 radical (unpaired) electrons. The molecule has 1 amide bonds. The number of likely N-dealkylation sites (tertiary alicyclic amines) is 1. The second-order valence-electron chi connectivity index (χ2n) is 7.93. The van der Waals surface area contributed by atoms with Gasteiger partial charge in [0, 0.05) is 49.6 Å².